The number of thioether (sulfide) groups is 1. The molecule has 5 heteroatoms. The lowest BCUT2D eigenvalue weighted by atomic mass is 10.2. The Kier molecular flexibility index (Phi) is 2.64. The minimum atomic E-state index is -0.174. The predicted octanol–water partition coefficient (Wildman–Crippen LogP) is 1.18. The maximum Gasteiger partial charge on any atom is 0.295 e. The summed E-state index contributed by atoms with van der Waals surface area (Å²) >= 11 is 1.38. The van der Waals surface area contributed by atoms with Gasteiger partial charge in [-0.2, -0.15) is 0 Å². The molecule has 0 saturated heterocycles. The number of fused-ring (bicyclic) bond motifs is 1. The first-order chi connectivity index (χ1) is 7.27. The third-order valence-electron chi connectivity index (χ3n) is 2.07. The van der Waals surface area contributed by atoms with Crippen molar-refractivity contribution in [3.63, 3.8) is 0 Å². The fraction of sp³-hybridized carbons (Fsp3) is 0.200. The third kappa shape index (κ3) is 1.59. The molecule has 0 aliphatic carbocycles. The molecule has 0 aliphatic heterocycles. The minimum Gasteiger partial charge on any atom is -0.411 e. The zero-order chi connectivity index (χ0) is 10.8. The van der Waals surface area contributed by atoms with Crippen LogP contribution in [0.3, 0.4) is 0 Å². The first-order valence-electron chi connectivity index (χ1n) is 4.38. The number of para-hydroxylation sites is 1. The van der Waals surface area contributed by atoms with Gasteiger partial charge in [0.15, 0.2) is 0 Å². The number of hydrogen-bond donors (Lipinski definition) is 0. The van der Waals surface area contributed by atoms with Gasteiger partial charge in [0, 0.05) is 0 Å². The van der Waals surface area contributed by atoms with E-state index in [4.69, 9.17) is 4.84 Å². The van der Waals surface area contributed by atoms with E-state index in [1.807, 2.05) is 24.5 Å². The molecule has 0 fully saturated rings. The molecule has 15 heavy (non-hydrogen) atoms. The number of rotatable bonds is 2. The van der Waals surface area contributed by atoms with E-state index in [-0.39, 0.29) is 5.56 Å². The molecule has 1 aromatic carbocycles. The molecule has 1 aromatic heterocycles. The first kappa shape index (κ1) is 10.0. The fourth-order valence-corrected chi connectivity index (χ4v) is 1.90. The van der Waals surface area contributed by atoms with Crippen LogP contribution in [0.4, 0.5) is 0 Å². The lowest BCUT2D eigenvalue weighted by Crippen LogP contribution is -2.27. The van der Waals surface area contributed by atoms with Crippen molar-refractivity contribution in [2.75, 3.05) is 13.4 Å². The van der Waals surface area contributed by atoms with Crippen LogP contribution in [-0.4, -0.2) is 23.1 Å². The molecule has 78 valence electrons. The van der Waals surface area contributed by atoms with Gasteiger partial charge in [0.25, 0.3) is 5.56 Å². The van der Waals surface area contributed by atoms with E-state index in [9.17, 15) is 4.79 Å². The second kappa shape index (κ2) is 3.94. The molecular formula is C10H10N2O2S. The van der Waals surface area contributed by atoms with Crippen molar-refractivity contribution in [2.24, 2.45) is 0 Å². The molecule has 4 nitrogen and oxygen atoms in total. The van der Waals surface area contributed by atoms with Crippen molar-refractivity contribution in [2.45, 2.75) is 5.16 Å². The average Bonchev–Trinajstić information content (AvgIpc) is 2.29. The van der Waals surface area contributed by atoms with Crippen molar-refractivity contribution in [3.8, 4) is 0 Å². The highest BCUT2D eigenvalue weighted by Gasteiger charge is 2.09. The van der Waals surface area contributed by atoms with Crippen molar-refractivity contribution >= 4 is 22.7 Å². The van der Waals surface area contributed by atoms with E-state index in [1.54, 1.807) is 6.07 Å². The number of nitrogens with zero attached hydrogens (tertiary/aromatic N) is 2. The van der Waals surface area contributed by atoms with Crippen LogP contribution in [0.5, 0.6) is 0 Å². The van der Waals surface area contributed by atoms with Gasteiger partial charge in [-0.1, -0.05) is 23.9 Å². The maximum absolute atomic E-state index is 11.9. The minimum absolute atomic E-state index is 0.174. The highest BCUT2D eigenvalue weighted by Crippen LogP contribution is 2.13. The summed E-state index contributed by atoms with van der Waals surface area (Å²) in [5.41, 5.74) is 0.521. The summed E-state index contributed by atoms with van der Waals surface area (Å²) in [4.78, 5) is 21.2. The normalized spacial score (nSPS) is 10.5. The van der Waals surface area contributed by atoms with Gasteiger partial charge in [0.05, 0.1) is 10.9 Å². The largest absolute Gasteiger partial charge is 0.411 e. The summed E-state index contributed by atoms with van der Waals surface area (Å²) in [6.45, 7) is 0. The molecular weight excluding hydrogens is 212 g/mol. The lowest BCUT2D eigenvalue weighted by molar-refractivity contribution is 0.131. The van der Waals surface area contributed by atoms with Crippen molar-refractivity contribution in [1.82, 2.24) is 9.71 Å². The van der Waals surface area contributed by atoms with Crippen LogP contribution in [0.15, 0.2) is 34.2 Å². The van der Waals surface area contributed by atoms with Crippen LogP contribution in [0.2, 0.25) is 0 Å². The molecule has 2 aromatic rings. The van der Waals surface area contributed by atoms with Crippen molar-refractivity contribution in [3.05, 3.63) is 34.6 Å². The quantitative estimate of drug-likeness (QED) is 0.565. The van der Waals surface area contributed by atoms with E-state index in [2.05, 4.69) is 4.98 Å². The number of hydrogen-bond acceptors (Lipinski definition) is 4. The van der Waals surface area contributed by atoms with Crippen molar-refractivity contribution in [1.29, 1.82) is 0 Å². The second-order valence-corrected chi connectivity index (χ2v) is 3.67. The van der Waals surface area contributed by atoms with Gasteiger partial charge >= 0.3 is 0 Å². The fourth-order valence-electron chi connectivity index (χ4n) is 1.39. The van der Waals surface area contributed by atoms with Crippen LogP contribution in [0.1, 0.15) is 0 Å². The van der Waals surface area contributed by atoms with Gasteiger partial charge < -0.3 is 4.84 Å². The average molecular weight is 222 g/mol. The SMILES string of the molecule is COn1c(SC)nc2ccccc2c1=O. The van der Waals surface area contributed by atoms with Gasteiger partial charge in [-0.15, -0.1) is 4.73 Å². The van der Waals surface area contributed by atoms with E-state index in [1.165, 1.54) is 23.6 Å². The van der Waals surface area contributed by atoms with E-state index in [0.29, 0.717) is 16.1 Å². The van der Waals surface area contributed by atoms with Crippen LogP contribution in [-0.2, 0) is 0 Å². The monoisotopic (exact) mass is 222 g/mol. The molecule has 0 atom stereocenters. The lowest BCUT2D eigenvalue weighted by Gasteiger charge is -2.08. The number of benzene rings is 1. The topological polar surface area (TPSA) is 44.1 Å². The van der Waals surface area contributed by atoms with Gasteiger partial charge in [-0.3, -0.25) is 4.79 Å². The zero-order valence-corrected chi connectivity index (χ0v) is 9.25. The predicted molar refractivity (Wildman–Crippen MR) is 60.3 cm³/mol. The highest BCUT2D eigenvalue weighted by atomic mass is 32.2. The molecule has 0 saturated carbocycles. The molecule has 0 N–H and O–H groups in total. The molecule has 0 spiro atoms. The summed E-state index contributed by atoms with van der Waals surface area (Å²) in [6, 6.07) is 7.22. The van der Waals surface area contributed by atoms with Crippen LogP contribution >= 0.6 is 11.8 Å². The molecule has 0 unspecified atom stereocenters. The molecule has 0 aliphatic rings. The molecule has 1 heterocycles. The van der Waals surface area contributed by atoms with Crippen LogP contribution in [0.25, 0.3) is 10.9 Å². The van der Waals surface area contributed by atoms with Crippen LogP contribution < -0.4 is 10.4 Å². The summed E-state index contributed by atoms with van der Waals surface area (Å²) < 4.78 is 1.20. The van der Waals surface area contributed by atoms with Gasteiger partial charge in [0.1, 0.15) is 7.11 Å². The van der Waals surface area contributed by atoms with E-state index < -0.39 is 0 Å². The molecule has 0 amide bonds. The summed E-state index contributed by atoms with van der Waals surface area (Å²) in [5, 5.41) is 1.12. The molecule has 0 bridgehead atoms. The Labute approximate surface area is 90.8 Å². The van der Waals surface area contributed by atoms with Gasteiger partial charge in [-0.05, 0) is 18.4 Å². The summed E-state index contributed by atoms with van der Waals surface area (Å²) in [6.07, 6.45) is 1.85. The Morgan fingerprint density at radius 1 is 1.40 bits per heavy atom. The standard InChI is InChI=1S/C10H10N2O2S/c1-14-12-9(13)7-5-3-4-6-8(7)11-10(12)15-2/h3-6H,1-2H3. The highest BCUT2D eigenvalue weighted by molar-refractivity contribution is 7.98. The van der Waals surface area contributed by atoms with Crippen molar-refractivity contribution < 1.29 is 4.84 Å². The zero-order valence-electron chi connectivity index (χ0n) is 8.43. The van der Waals surface area contributed by atoms with Gasteiger partial charge in [0.2, 0.25) is 5.16 Å². The Morgan fingerprint density at radius 3 is 2.80 bits per heavy atom. The second-order valence-electron chi connectivity index (χ2n) is 2.90. The number of aromatic nitrogens is 2. The smallest absolute Gasteiger partial charge is 0.295 e. The first-order valence-corrected chi connectivity index (χ1v) is 5.60. The van der Waals surface area contributed by atoms with Crippen LogP contribution in [0, 0.1) is 0 Å². The van der Waals surface area contributed by atoms with E-state index >= 15 is 0 Å². The maximum atomic E-state index is 11.9. The van der Waals surface area contributed by atoms with E-state index in [0.717, 1.165) is 0 Å². The summed E-state index contributed by atoms with van der Waals surface area (Å²) in [7, 11) is 1.46. The Morgan fingerprint density at radius 2 is 2.13 bits per heavy atom. The van der Waals surface area contributed by atoms with Gasteiger partial charge in [-0.25, -0.2) is 4.98 Å². The Balaban J connectivity index is 2.88. The Bertz CT molecular complexity index is 551. The Hall–Kier alpha value is -1.49. The summed E-state index contributed by atoms with van der Waals surface area (Å²) in [5.74, 6) is 0. The third-order valence-corrected chi connectivity index (χ3v) is 2.70. The molecule has 2 rings (SSSR count). The molecule has 0 radical (unpaired) electrons.